The highest BCUT2D eigenvalue weighted by Gasteiger charge is 2.26. The molecule has 4 nitrogen and oxygen atoms in total. The van der Waals surface area contributed by atoms with Gasteiger partial charge in [-0.15, -0.1) is 0 Å². The van der Waals surface area contributed by atoms with Crippen LogP contribution in [0.3, 0.4) is 0 Å². The van der Waals surface area contributed by atoms with Crippen molar-refractivity contribution in [1.29, 1.82) is 0 Å². The zero-order valence-corrected chi connectivity index (χ0v) is 14.2. The molecule has 0 radical (unpaired) electrons. The van der Waals surface area contributed by atoms with E-state index >= 15 is 0 Å². The van der Waals surface area contributed by atoms with Gasteiger partial charge in [-0.2, -0.15) is 0 Å². The molecule has 0 spiro atoms. The van der Waals surface area contributed by atoms with Gasteiger partial charge in [-0.3, -0.25) is 4.79 Å². The summed E-state index contributed by atoms with van der Waals surface area (Å²) in [5, 5.41) is 3.87. The van der Waals surface area contributed by atoms with E-state index in [0.29, 0.717) is 5.52 Å². The zero-order chi connectivity index (χ0) is 16.2. The average molecular weight is 335 g/mol. The van der Waals surface area contributed by atoms with E-state index < -0.39 is 0 Å². The number of amides is 1. The van der Waals surface area contributed by atoms with Gasteiger partial charge < -0.3 is 10.2 Å². The van der Waals surface area contributed by atoms with Crippen molar-refractivity contribution in [3.8, 4) is 0 Å². The molecule has 1 N–H and O–H groups in total. The lowest BCUT2D eigenvalue weighted by Crippen LogP contribution is -2.40. The Morgan fingerprint density at radius 1 is 1.43 bits per heavy atom. The van der Waals surface area contributed by atoms with E-state index in [-0.39, 0.29) is 17.6 Å². The van der Waals surface area contributed by atoms with Crippen LogP contribution in [0.5, 0.6) is 0 Å². The lowest BCUT2D eigenvalue weighted by Gasteiger charge is -2.31. The fourth-order valence-electron chi connectivity index (χ4n) is 2.90. The summed E-state index contributed by atoms with van der Waals surface area (Å²) in [6.45, 7) is 4.48. The molecule has 1 saturated heterocycles. The Balaban J connectivity index is 1.59. The van der Waals surface area contributed by atoms with E-state index in [9.17, 15) is 9.18 Å². The summed E-state index contributed by atoms with van der Waals surface area (Å²) in [5.41, 5.74) is 0.451. The number of fused-ring (bicyclic) bond motifs is 1. The molecule has 0 unspecified atom stereocenters. The van der Waals surface area contributed by atoms with Gasteiger partial charge in [0.2, 0.25) is 5.91 Å². The monoisotopic (exact) mass is 335 g/mol. The van der Waals surface area contributed by atoms with Gasteiger partial charge in [0.15, 0.2) is 5.13 Å². The lowest BCUT2D eigenvalue weighted by atomic mass is 9.96. The van der Waals surface area contributed by atoms with Crippen molar-refractivity contribution in [3.63, 3.8) is 0 Å². The Morgan fingerprint density at radius 2 is 2.22 bits per heavy atom. The van der Waals surface area contributed by atoms with E-state index in [4.69, 9.17) is 0 Å². The minimum absolute atomic E-state index is 0.0919. The Bertz CT molecular complexity index is 680. The first-order chi connectivity index (χ1) is 11.2. The standard InChI is InChI=1S/C17H22FN3OS/c1-2-3-9-19-16(22)12-7-10-21(11-8-12)17-20-15-13(18)5-4-6-14(15)23-17/h4-6,12H,2-3,7-11H2,1H3,(H,19,22). The fourth-order valence-corrected chi connectivity index (χ4v) is 3.94. The van der Waals surface area contributed by atoms with E-state index in [0.717, 1.165) is 55.1 Å². The molecule has 124 valence electrons. The molecule has 0 atom stereocenters. The van der Waals surface area contributed by atoms with Crippen molar-refractivity contribution in [2.75, 3.05) is 24.5 Å². The van der Waals surface area contributed by atoms with Crippen LogP contribution in [0.2, 0.25) is 0 Å². The number of hydrogen-bond acceptors (Lipinski definition) is 4. The van der Waals surface area contributed by atoms with Crippen LogP contribution in [0.15, 0.2) is 18.2 Å². The topological polar surface area (TPSA) is 45.2 Å². The molecule has 1 amide bonds. The Morgan fingerprint density at radius 3 is 2.91 bits per heavy atom. The third kappa shape index (κ3) is 3.63. The van der Waals surface area contributed by atoms with Crippen molar-refractivity contribution in [1.82, 2.24) is 10.3 Å². The predicted molar refractivity (Wildman–Crippen MR) is 92.4 cm³/mol. The molecule has 3 rings (SSSR count). The zero-order valence-electron chi connectivity index (χ0n) is 13.3. The number of benzene rings is 1. The maximum absolute atomic E-state index is 13.8. The Hall–Kier alpha value is -1.69. The summed E-state index contributed by atoms with van der Waals surface area (Å²) in [6, 6.07) is 5.05. The van der Waals surface area contributed by atoms with E-state index in [1.54, 1.807) is 6.07 Å². The summed E-state index contributed by atoms with van der Waals surface area (Å²) in [7, 11) is 0. The van der Waals surface area contributed by atoms with Crippen LogP contribution in [0.4, 0.5) is 9.52 Å². The Kier molecular flexibility index (Phi) is 5.10. The number of unbranched alkanes of at least 4 members (excludes halogenated alkanes) is 1. The van der Waals surface area contributed by atoms with Gasteiger partial charge in [-0.05, 0) is 31.4 Å². The molecule has 0 aliphatic carbocycles. The molecule has 2 heterocycles. The second kappa shape index (κ2) is 7.25. The summed E-state index contributed by atoms with van der Waals surface area (Å²) < 4.78 is 14.6. The smallest absolute Gasteiger partial charge is 0.223 e. The highest BCUT2D eigenvalue weighted by Crippen LogP contribution is 2.32. The van der Waals surface area contributed by atoms with E-state index in [1.165, 1.54) is 17.4 Å². The minimum Gasteiger partial charge on any atom is -0.356 e. The second-order valence-corrected chi connectivity index (χ2v) is 7.00. The minimum atomic E-state index is -0.268. The summed E-state index contributed by atoms with van der Waals surface area (Å²) in [4.78, 5) is 18.7. The molecular formula is C17H22FN3OS. The number of carbonyl (C=O) groups is 1. The van der Waals surface area contributed by atoms with Crippen LogP contribution in [-0.2, 0) is 4.79 Å². The maximum atomic E-state index is 13.8. The number of halogens is 1. The third-order valence-electron chi connectivity index (χ3n) is 4.32. The van der Waals surface area contributed by atoms with Gasteiger partial charge >= 0.3 is 0 Å². The maximum Gasteiger partial charge on any atom is 0.223 e. The number of rotatable bonds is 5. The molecule has 1 aromatic heterocycles. The first-order valence-electron chi connectivity index (χ1n) is 8.26. The number of aromatic nitrogens is 1. The first-order valence-corrected chi connectivity index (χ1v) is 9.08. The van der Waals surface area contributed by atoms with Crippen molar-refractivity contribution < 1.29 is 9.18 Å². The number of thiazole rings is 1. The van der Waals surface area contributed by atoms with E-state index in [1.807, 2.05) is 6.07 Å². The number of nitrogens with zero attached hydrogens (tertiary/aromatic N) is 2. The number of carbonyl (C=O) groups excluding carboxylic acids is 1. The van der Waals surface area contributed by atoms with Crippen LogP contribution in [0.25, 0.3) is 10.2 Å². The van der Waals surface area contributed by atoms with Crippen molar-refractivity contribution in [3.05, 3.63) is 24.0 Å². The molecule has 1 aliphatic rings. The normalized spacial score (nSPS) is 16.0. The third-order valence-corrected chi connectivity index (χ3v) is 5.41. The molecule has 0 saturated carbocycles. The average Bonchev–Trinajstić information content (AvgIpc) is 3.01. The highest BCUT2D eigenvalue weighted by atomic mass is 32.1. The summed E-state index contributed by atoms with van der Waals surface area (Å²) in [5.74, 6) is -0.00199. The van der Waals surface area contributed by atoms with Crippen LogP contribution >= 0.6 is 11.3 Å². The fraction of sp³-hybridized carbons (Fsp3) is 0.529. The quantitative estimate of drug-likeness (QED) is 0.850. The Labute approximate surface area is 139 Å². The van der Waals surface area contributed by atoms with Crippen LogP contribution < -0.4 is 10.2 Å². The molecule has 23 heavy (non-hydrogen) atoms. The highest BCUT2D eigenvalue weighted by molar-refractivity contribution is 7.22. The lowest BCUT2D eigenvalue weighted by molar-refractivity contribution is -0.125. The van der Waals surface area contributed by atoms with Gasteiger partial charge in [-0.1, -0.05) is 30.7 Å². The molecule has 6 heteroatoms. The second-order valence-electron chi connectivity index (χ2n) is 5.99. The van der Waals surface area contributed by atoms with Crippen molar-refractivity contribution in [2.24, 2.45) is 5.92 Å². The van der Waals surface area contributed by atoms with Gasteiger partial charge in [0, 0.05) is 25.6 Å². The van der Waals surface area contributed by atoms with E-state index in [2.05, 4.69) is 22.1 Å². The summed E-state index contributed by atoms with van der Waals surface area (Å²) >= 11 is 1.52. The molecule has 1 fully saturated rings. The van der Waals surface area contributed by atoms with Crippen LogP contribution in [0, 0.1) is 11.7 Å². The number of piperidine rings is 1. The van der Waals surface area contributed by atoms with Crippen LogP contribution in [-0.4, -0.2) is 30.5 Å². The molecule has 2 aromatic rings. The predicted octanol–water partition coefficient (Wildman–Crippen LogP) is 3.57. The molecule has 1 aromatic carbocycles. The largest absolute Gasteiger partial charge is 0.356 e. The van der Waals surface area contributed by atoms with Gasteiger partial charge in [0.05, 0.1) is 4.70 Å². The molecule has 0 bridgehead atoms. The van der Waals surface area contributed by atoms with Gasteiger partial charge in [-0.25, -0.2) is 9.37 Å². The van der Waals surface area contributed by atoms with Crippen molar-refractivity contribution >= 4 is 32.6 Å². The molecule has 1 aliphatic heterocycles. The molecular weight excluding hydrogens is 313 g/mol. The number of nitrogens with one attached hydrogen (secondary N) is 1. The van der Waals surface area contributed by atoms with Crippen molar-refractivity contribution in [2.45, 2.75) is 32.6 Å². The SMILES string of the molecule is CCCCNC(=O)C1CCN(c2nc3c(F)cccc3s2)CC1. The number of anilines is 1. The number of hydrogen-bond donors (Lipinski definition) is 1. The van der Waals surface area contributed by atoms with Gasteiger partial charge in [0.25, 0.3) is 0 Å². The number of para-hydroxylation sites is 1. The summed E-state index contributed by atoms with van der Waals surface area (Å²) in [6.07, 6.45) is 3.78. The first kappa shape index (κ1) is 16.2. The van der Waals surface area contributed by atoms with Crippen LogP contribution in [0.1, 0.15) is 32.6 Å². The van der Waals surface area contributed by atoms with Gasteiger partial charge in [0.1, 0.15) is 11.3 Å².